The van der Waals surface area contributed by atoms with E-state index in [4.69, 9.17) is 0 Å². The van der Waals surface area contributed by atoms with Gasteiger partial charge in [-0.3, -0.25) is 24.6 Å². The minimum Gasteiger partial charge on any atom is -0.346 e. The Kier molecular flexibility index (Phi) is 6.13. The molecule has 0 spiro atoms. The second kappa shape index (κ2) is 7.38. The van der Waals surface area contributed by atoms with Crippen molar-refractivity contribution in [2.24, 2.45) is 0 Å². The molecule has 0 aromatic heterocycles. The number of likely N-dealkylation sites (N-methyl/N-ethyl adjacent to an activating group) is 1. The Labute approximate surface area is 120 Å². The lowest BCUT2D eigenvalue weighted by molar-refractivity contribution is -0.141. The molecule has 0 aliphatic carbocycles. The van der Waals surface area contributed by atoms with Gasteiger partial charge >= 0.3 is 0 Å². The number of piperidine rings is 2. The SMILES string of the molecule is CC.CN1CCC(N(C)C2CCC(=O)NC2=O)CC1=O. The summed E-state index contributed by atoms with van der Waals surface area (Å²) in [6, 6.07) is -0.193. The largest absolute Gasteiger partial charge is 0.346 e. The average Bonchev–Trinajstić information content (AvgIpc) is 2.43. The molecule has 6 heteroatoms. The van der Waals surface area contributed by atoms with Crippen molar-refractivity contribution in [2.75, 3.05) is 20.6 Å². The van der Waals surface area contributed by atoms with Crippen LogP contribution in [-0.2, 0) is 14.4 Å². The summed E-state index contributed by atoms with van der Waals surface area (Å²) >= 11 is 0. The van der Waals surface area contributed by atoms with Gasteiger partial charge in [0, 0.05) is 32.5 Å². The minimum absolute atomic E-state index is 0.0950. The van der Waals surface area contributed by atoms with Crippen molar-refractivity contribution in [1.82, 2.24) is 15.1 Å². The molecule has 2 aliphatic rings. The van der Waals surface area contributed by atoms with Crippen molar-refractivity contribution in [3.8, 4) is 0 Å². The first-order valence-corrected chi connectivity index (χ1v) is 7.28. The molecule has 2 saturated heterocycles. The number of hydrogen-bond donors (Lipinski definition) is 1. The molecule has 2 aliphatic heterocycles. The van der Waals surface area contributed by atoms with Gasteiger partial charge in [0.05, 0.1) is 6.04 Å². The van der Waals surface area contributed by atoms with Crippen molar-refractivity contribution >= 4 is 17.7 Å². The van der Waals surface area contributed by atoms with Crippen LogP contribution in [0.2, 0.25) is 0 Å². The lowest BCUT2D eigenvalue weighted by atomic mass is 9.98. The molecule has 1 N–H and O–H groups in total. The van der Waals surface area contributed by atoms with Crippen LogP contribution in [0.3, 0.4) is 0 Å². The second-order valence-electron chi connectivity index (χ2n) is 5.09. The quantitative estimate of drug-likeness (QED) is 0.743. The number of rotatable bonds is 2. The van der Waals surface area contributed by atoms with Crippen LogP contribution < -0.4 is 5.32 Å². The zero-order valence-electron chi connectivity index (χ0n) is 12.8. The summed E-state index contributed by atoms with van der Waals surface area (Å²) in [6.45, 7) is 4.72. The molecule has 2 atom stereocenters. The number of nitrogens with one attached hydrogen (secondary N) is 1. The predicted molar refractivity (Wildman–Crippen MR) is 75.9 cm³/mol. The van der Waals surface area contributed by atoms with Crippen LogP contribution in [0.15, 0.2) is 0 Å². The fourth-order valence-electron chi connectivity index (χ4n) is 2.60. The van der Waals surface area contributed by atoms with Crippen LogP contribution in [0.4, 0.5) is 0 Å². The third kappa shape index (κ3) is 3.79. The van der Waals surface area contributed by atoms with Crippen LogP contribution in [-0.4, -0.2) is 60.2 Å². The molecule has 2 unspecified atom stereocenters. The molecular formula is C14H25N3O3. The van der Waals surface area contributed by atoms with Gasteiger partial charge in [-0.2, -0.15) is 0 Å². The lowest BCUT2D eigenvalue weighted by Gasteiger charge is -2.39. The molecule has 0 bridgehead atoms. The van der Waals surface area contributed by atoms with Gasteiger partial charge in [0.25, 0.3) is 0 Å². The Morgan fingerprint density at radius 1 is 1.20 bits per heavy atom. The van der Waals surface area contributed by atoms with Gasteiger partial charge in [-0.1, -0.05) is 13.8 Å². The van der Waals surface area contributed by atoms with Crippen molar-refractivity contribution in [3.05, 3.63) is 0 Å². The summed E-state index contributed by atoms with van der Waals surface area (Å²) < 4.78 is 0. The van der Waals surface area contributed by atoms with Crippen LogP contribution in [0.25, 0.3) is 0 Å². The van der Waals surface area contributed by atoms with Crippen molar-refractivity contribution < 1.29 is 14.4 Å². The highest BCUT2D eigenvalue weighted by Gasteiger charge is 2.35. The molecule has 0 radical (unpaired) electrons. The Morgan fingerprint density at radius 3 is 2.40 bits per heavy atom. The normalized spacial score (nSPS) is 27.1. The van der Waals surface area contributed by atoms with Crippen molar-refractivity contribution in [2.45, 2.75) is 51.6 Å². The van der Waals surface area contributed by atoms with Crippen LogP contribution in [0, 0.1) is 0 Å². The molecule has 2 heterocycles. The van der Waals surface area contributed by atoms with E-state index in [0.29, 0.717) is 19.3 Å². The molecule has 3 amide bonds. The fraction of sp³-hybridized carbons (Fsp3) is 0.786. The fourth-order valence-corrected chi connectivity index (χ4v) is 2.60. The van der Waals surface area contributed by atoms with Crippen molar-refractivity contribution in [3.63, 3.8) is 0 Å². The van der Waals surface area contributed by atoms with E-state index in [1.807, 2.05) is 25.8 Å². The molecule has 20 heavy (non-hydrogen) atoms. The molecular weight excluding hydrogens is 258 g/mol. The monoisotopic (exact) mass is 283 g/mol. The predicted octanol–water partition coefficient (Wildman–Crippen LogP) is 0.370. The van der Waals surface area contributed by atoms with E-state index in [0.717, 1.165) is 13.0 Å². The Morgan fingerprint density at radius 2 is 1.85 bits per heavy atom. The number of imide groups is 1. The molecule has 0 saturated carbocycles. The number of amides is 3. The molecule has 114 valence electrons. The van der Waals surface area contributed by atoms with Crippen molar-refractivity contribution in [1.29, 1.82) is 0 Å². The van der Waals surface area contributed by atoms with Crippen LogP contribution in [0.5, 0.6) is 0 Å². The number of likely N-dealkylation sites (tertiary alicyclic amines) is 1. The van der Waals surface area contributed by atoms with E-state index >= 15 is 0 Å². The van der Waals surface area contributed by atoms with E-state index in [1.54, 1.807) is 11.9 Å². The highest BCUT2D eigenvalue weighted by molar-refractivity contribution is 6.00. The van der Waals surface area contributed by atoms with Gasteiger partial charge in [-0.25, -0.2) is 0 Å². The second-order valence-corrected chi connectivity index (χ2v) is 5.09. The summed E-state index contributed by atoms with van der Waals surface area (Å²) in [5, 5.41) is 2.35. The van der Waals surface area contributed by atoms with Gasteiger partial charge in [0.2, 0.25) is 17.7 Å². The summed E-state index contributed by atoms with van der Waals surface area (Å²) in [4.78, 5) is 38.2. The maximum Gasteiger partial charge on any atom is 0.243 e. The zero-order chi connectivity index (χ0) is 15.3. The van der Waals surface area contributed by atoms with E-state index < -0.39 is 0 Å². The van der Waals surface area contributed by atoms with E-state index in [-0.39, 0.29) is 29.8 Å². The third-order valence-electron chi connectivity index (χ3n) is 3.91. The van der Waals surface area contributed by atoms with Crippen LogP contribution >= 0.6 is 0 Å². The minimum atomic E-state index is -0.288. The van der Waals surface area contributed by atoms with Gasteiger partial charge in [0.1, 0.15) is 0 Å². The molecule has 2 rings (SSSR count). The van der Waals surface area contributed by atoms with E-state index in [2.05, 4.69) is 5.32 Å². The smallest absolute Gasteiger partial charge is 0.243 e. The Bertz CT molecular complexity index is 384. The Balaban J connectivity index is 0.000000956. The molecule has 2 fully saturated rings. The number of carbonyl (C=O) groups excluding carboxylic acids is 3. The maximum absolute atomic E-state index is 11.8. The highest BCUT2D eigenvalue weighted by atomic mass is 16.2. The summed E-state index contributed by atoms with van der Waals surface area (Å²) in [5.41, 5.74) is 0. The Hall–Kier alpha value is -1.43. The first kappa shape index (κ1) is 16.6. The molecule has 6 nitrogen and oxygen atoms in total. The summed E-state index contributed by atoms with van der Waals surface area (Å²) in [7, 11) is 3.66. The van der Waals surface area contributed by atoms with Gasteiger partial charge in [-0.05, 0) is 19.9 Å². The van der Waals surface area contributed by atoms with E-state index in [1.165, 1.54) is 0 Å². The first-order valence-electron chi connectivity index (χ1n) is 7.28. The zero-order valence-corrected chi connectivity index (χ0v) is 12.8. The lowest BCUT2D eigenvalue weighted by Crippen LogP contribution is -2.56. The standard InChI is InChI=1S/C12H19N3O3.C2H6/c1-14-6-5-8(7-11(14)17)15(2)9-3-4-10(16)13-12(9)18;1-2/h8-9H,3-7H2,1-2H3,(H,13,16,18);1-2H3. The third-order valence-corrected chi connectivity index (χ3v) is 3.91. The molecule has 0 aromatic carbocycles. The molecule has 0 aromatic rings. The summed E-state index contributed by atoms with van der Waals surface area (Å²) in [5.74, 6) is -0.324. The highest BCUT2D eigenvalue weighted by Crippen LogP contribution is 2.20. The number of nitrogens with zero attached hydrogens (tertiary/aromatic N) is 2. The van der Waals surface area contributed by atoms with Gasteiger partial charge < -0.3 is 4.90 Å². The first-order chi connectivity index (χ1) is 9.49. The van der Waals surface area contributed by atoms with Gasteiger partial charge in [0.15, 0.2) is 0 Å². The van der Waals surface area contributed by atoms with Gasteiger partial charge in [-0.15, -0.1) is 0 Å². The topological polar surface area (TPSA) is 69.7 Å². The van der Waals surface area contributed by atoms with E-state index in [9.17, 15) is 14.4 Å². The average molecular weight is 283 g/mol. The van der Waals surface area contributed by atoms with Crippen LogP contribution in [0.1, 0.15) is 39.5 Å². The number of carbonyl (C=O) groups is 3. The number of hydrogen-bond acceptors (Lipinski definition) is 4. The summed E-state index contributed by atoms with van der Waals surface area (Å²) in [6.07, 6.45) is 2.24. The maximum atomic E-state index is 11.8.